The van der Waals surface area contributed by atoms with Crippen LogP contribution >= 0.6 is 0 Å². The van der Waals surface area contributed by atoms with Crippen molar-refractivity contribution in [3.05, 3.63) is 35.5 Å². The third-order valence-electron chi connectivity index (χ3n) is 8.43. The number of hydrogen-bond acceptors (Lipinski definition) is 2. The zero-order chi connectivity index (χ0) is 21.2. The summed E-state index contributed by atoms with van der Waals surface area (Å²) in [5.41, 5.74) is 3.88. The largest absolute Gasteiger partial charge is 0.393 e. The molecule has 0 aromatic heterocycles. The van der Waals surface area contributed by atoms with Gasteiger partial charge in [0.25, 0.3) is 0 Å². The van der Waals surface area contributed by atoms with E-state index in [1.54, 1.807) is 5.57 Å². The third-order valence-corrected chi connectivity index (χ3v) is 8.43. The first-order valence-electron chi connectivity index (χ1n) is 12.2. The molecule has 2 heteroatoms. The van der Waals surface area contributed by atoms with Crippen molar-refractivity contribution in [2.75, 3.05) is 0 Å². The Kier molecular flexibility index (Phi) is 7.49. The van der Waals surface area contributed by atoms with Crippen LogP contribution in [0.5, 0.6) is 0 Å². The molecule has 3 rings (SSSR count). The Balaban J connectivity index is 1.71. The van der Waals surface area contributed by atoms with E-state index in [0.717, 1.165) is 28.9 Å². The van der Waals surface area contributed by atoms with Gasteiger partial charge in [0.05, 0.1) is 12.2 Å². The summed E-state index contributed by atoms with van der Waals surface area (Å²) in [6.45, 7) is 13.8. The van der Waals surface area contributed by atoms with Crippen molar-refractivity contribution in [2.45, 2.75) is 104 Å². The van der Waals surface area contributed by atoms with E-state index in [1.165, 1.54) is 51.4 Å². The molecule has 0 spiro atoms. The summed E-state index contributed by atoms with van der Waals surface area (Å²) in [6, 6.07) is 0. The van der Waals surface area contributed by atoms with Crippen LogP contribution in [-0.2, 0) is 0 Å². The highest BCUT2D eigenvalue weighted by Crippen LogP contribution is 2.59. The predicted octanol–water partition coefficient (Wildman–Crippen LogP) is 6.59. The second-order valence-electron chi connectivity index (χ2n) is 11.0. The number of aliphatic hydroxyl groups is 2. The van der Waals surface area contributed by atoms with Crippen LogP contribution in [0.2, 0.25) is 0 Å². The maximum Gasteiger partial charge on any atom is 0.0811 e. The molecule has 0 radical (unpaired) electrons. The van der Waals surface area contributed by atoms with E-state index in [2.05, 4.69) is 46.4 Å². The number of fused-ring (bicyclic) bond motifs is 1. The molecule has 0 amide bonds. The molecule has 0 aliphatic heterocycles. The summed E-state index contributed by atoms with van der Waals surface area (Å²) in [7, 11) is 0. The van der Waals surface area contributed by atoms with E-state index < -0.39 is 12.2 Å². The Bertz CT molecular complexity index is 643. The molecule has 2 nitrogen and oxygen atoms in total. The summed E-state index contributed by atoms with van der Waals surface area (Å²) in [5, 5.41) is 20.2. The van der Waals surface area contributed by atoms with Crippen LogP contribution in [0.4, 0.5) is 0 Å². The molecule has 164 valence electrons. The van der Waals surface area contributed by atoms with E-state index >= 15 is 0 Å². The fraction of sp³-hybridized carbons (Fsp3) is 0.778. The standard InChI is InChI=1S/C27H44O2/c1-18(2)8-6-9-19(3)24-13-14-25-21(10-7-15-27(24,25)5)11-12-22-16-23(28)17-26(29)20(22)4/h11-12,18-19,23-26,28-29H,4,6-10,13-17H2,1-3,5H3/b21-11+,22-12-/t19-,23?,24-,25+,26-,27-/m1/s1. The fourth-order valence-corrected chi connectivity index (χ4v) is 6.73. The van der Waals surface area contributed by atoms with Crippen LogP contribution < -0.4 is 0 Å². The maximum atomic E-state index is 10.1. The Morgan fingerprint density at radius 2 is 1.90 bits per heavy atom. The molecule has 3 fully saturated rings. The SMILES string of the molecule is C=C1/C(=C\C=C2/CCC[C@]3(C)[C@@H]([C@H](C)CCCC(C)C)CC[C@@H]23)CC(O)C[C@H]1O. The maximum absolute atomic E-state index is 10.1. The minimum Gasteiger partial charge on any atom is -0.393 e. The van der Waals surface area contributed by atoms with Crippen LogP contribution in [0.3, 0.4) is 0 Å². The van der Waals surface area contributed by atoms with Crippen molar-refractivity contribution in [1.82, 2.24) is 0 Å². The lowest BCUT2D eigenvalue weighted by molar-refractivity contribution is 0.0861. The van der Waals surface area contributed by atoms with Crippen molar-refractivity contribution >= 4 is 0 Å². The van der Waals surface area contributed by atoms with Crippen LogP contribution in [0.25, 0.3) is 0 Å². The van der Waals surface area contributed by atoms with Gasteiger partial charge in [-0.2, -0.15) is 0 Å². The lowest BCUT2D eigenvalue weighted by Gasteiger charge is -2.44. The lowest BCUT2D eigenvalue weighted by Crippen LogP contribution is -2.36. The van der Waals surface area contributed by atoms with Crippen molar-refractivity contribution in [3.63, 3.8) is 0 Å². The molecule has 29 heavy (non-hydrogen) atoms. The van der Waals surface area contributed by atoms with Crippen LogP contribution in [-0.4, -0.2) is 22.4 Å². The zero-order valence-electron chi connectivity index (χ0n) is 19.3. The van der Waals surface area contributed by atoms with Gasteiger partial charge in [-0.25, -0.2) is 0 Å². The van der Waals surface area contributed by atoms with E-state index in [1.807, 2.05) is 0 Å². The van der Waals surface area contributed by atoms with E-state index in [0.29, 0.717) is 24.2 Å². The van der Waals surface area contributed by atoms with Gasteiger partial charge in [0, 0.05) is 6.42 Å². The second kappa shape index (κ2) is 9.52. The molecule has 2 N–H and O–H groups in total. The Hall–Kier alpha value is -0.860. The van der Waals surface area contributed by atoms with Crippen LogP contribution in [0.15, 0.2) is 35.5 Å². The van der Waals surface area contributed by atoms with Gasteiger partial charge in [-0.3, -0.25) is 0 Å². The quantitative estimate of drug-likeness (QED) is 0.528. The van der Waals surface area contributed by atoms with Crippen molar-refractivity contribution in [2.24, 2.45) is 29.1 Å². The van der Waals surface area contributed by atoms with Crippen molar-refractivity contribution < 1.29 is 10.2 Å². The molecule has 0 bridgehead atoms. The molecule has 6 atom stereocenters. The Morgan fingerprint density at radius 3 is 2.62 bits per heavy atom. The van der Waals surface area contributed by atoms with Gasteiger partial charge in [-0.05, 0) is 78.8 Å². The summed E-state index contributed by atoms with van der Waals surface area (Å²) < 4.78 is 0. The van der Waals surface area contributed by atoms with Gasteiger partial charge >= 0.3 is 0 Å². The first-order valence-corrected chi connectivity index (χ1v) is 12.2. The summed E-state index contributed by atoms with van der Waals surface area (Å²) in [6.07, 6.45) is 15.2. The minimum absolute atomic E-state index is 0.420. The highest BCUT2D eigenvalue weighted by atomic mass is 16.3. The van der Waals surface area contributed by atoms with Gasteiger partial charge in [0.2, 0.25) is 0 Å². The molecule has 0 aromatic carbocycles. The van der Waals surface area contributed by atoms with Gasteiger partial charge < -0.3 is 10.2 Å². The summed E-state index contributed by atoms with van der Waals surface area (Å²) in [5.74, 6) is 3.20. The molecule has 3 aliphatic carbocycles. The highest BCUT2D eigenvalue weighted by Gasteiger charge is 2.50. The van der Waals surface area contributed by atoms with Gasteiger partial charge in [0.15, 0.2) is 0 Å². The molecule has 3 aliphatic rings. The van der Waals surface area contributed by atoms with Crippen LogP contribution in [0.1, 0.15) is 91.9 Å². The first-order chi connectivity index (χ1) is 13.7. The fourth-order valence-electron chi connectivity index (χ4n) is 6.73. The molecule has 0 aromatic rings. The number of rotatable bonds is 6. The average molecular weight is 401 g/mol. The Morgan fingerprint density at radius 1 is 1.14 bits per heavy atom. The third kappa shape index (κ3) is 5.07. The van der Waals surface area contributed by atoms with E-state index in [4.69, 9.17) is 0 Å². The Labute approximate surface area is 179 Å². The molecular weight excluding hydrogens is 356 g/mol. The number of aliphatic hydroxyl groups excluding tert-OH is 2. The highest BCUT2D eigenvalue weighted by molar-refractivity contribution is 5.38. The monoisotopic (exact) mass is 400 g/mol. The van der Waals surface area contributed by atoms with Gasteiger partial charge in [0.1, 0.15) is 0 Å². The average Bonchev–Trinajstić information content (AvgIpc) is 3.00. The number of allylic oxidation sites excluding steroid dienone is 3. The van der Waals surface area contributed by atoms with E-state index in [9.17, 15) is 10.2 Å². The first kappa shape index (κ1) is 22.8. The van der Waals surface area contributed by atoms with Crippen molar-refractivity contribution in [1.29, 1.82) is 0 Å². The second-order valence-corrected chi connectivity index (χ2v) is 11.0. The van der Waals surface area contributed by atoms with Crippen LogP contribution in [0, 0.1) is 29.1 Å². The molecular formula is C27H44O2. The number of hydrogen-bond donors (Lipinski definition) is 2. The smallest absolute Gasteiger partial charge is 0.0811 e. The molecule has 0 heterocycles. The summed E-state index contributed by atoms with van der Waals surface area (Å²) >= 11 is 0. The molecule has 0 saturated heterocycles. The zero-order valence-corrected chi connectivity index (χ0v) is 19.3. The van der Waals surface area contributed by atoms with Gasteiger partial charge in [-0.1, -0.05) is 71.3 Å². The topological polar surface area (TPSA) is 40.5 Å². The normalized spacial score (nSPS) is 39.3. The van der Waals surface area contributed by atoms with Gasteiger partial charge in [-0.15, -0.1) is 0 Å². The molecule has 3 saturated carbocycles. The minimum atomic E-state index is -0.595. The molecule has 1 unspecified atom stereocenters. The predicted molar refractivity (Wildman–Crippen MR) is 123 cm³/mol. The van der Waals surface area contributed by atoms with Crippen molar-refractivity contribution in [3.8, 4) is 0 Å². The van der Waals surface area contributed by atoms with E-state index in [-0.39, 0.29) is 0 Å². The lowest BCUT2D eigenvalue weighted by atomic mass is 9.60. The summed E-state index contributed by atoms with van der Waals surface area (Å²) in [4.78, 5) is 0.